The number of piperidine rings is 1. The molecule has 1 atom stereocenters. The Morgan fingerprint density at radius 2 is 2.45 bits per heavy atom. The fourth-order valence-corrected chi connectivity index (χ4v) is 2.66. The monoisotopic (exact) mass is 273 g/mol. The first-order chi connectivity index (χ1) is 9.74. The quantitative estimate of drug-likeness (QED) is 0.783. The number of likely N-dealkylation sites (tertiary alicyclic amines) is 1. The summed E-state index contributed by atoms with van der Waals surface area (Å²) in [5, 5.41) is 9.09. The van der Waals surface area contributed by atoms with Crippen LogP contribution in [0.1, 0.15) is 36.9 Å². The lowest BCUT2D eigenvalue weighted by Crippen LogP contribution is -2.40. The average Bonchev–Trinajstić information content (AvgIpc) is 2.49. The molecule has 1 saturated heterocycles. The van der Waals surface area contributed by atoms with E-state index in [4.69, 9.17) is 10.00 Å². The summed E-state index contributed by atoms with van der Waals surface area (Å²) < 4.78 is 4.77. The lowest BCUT2D eigenvalue weighted by molar-refractivity contribution is -0.142. The zero-order chi connectivity index (χ0) is 14.4. The van der Waals surface area contributed by atoms with Crippen molar-refractivity contribution >= 4 is 5.97 Å². The number of carbonyl (C=O) groups is 1. The summed E-state index contributed by atoms with van der Waals surface area (Å²) in [5.41, 5.74) is 1.39. The third-order valence-electron chi connectivity index (χ3n) is 3.75. The highest BCUT2D eigenvalue weighted by Crippen LogP contribution is 2.22. The Morgan fingerprint density at radius 3 is 3.20 bits per heavy atom. The molecular weight excluding hydrogens is 254 g/mol. The van der Waals surface area contributed by atoms with Crippen LogP contribution in [0.25, 0.3) is 0 Å². The van der Waals surface area contributed by atoms with Crippen molar-refractivity contribution in [2.75, 3.05) is 13.7 Å². The van der Waals surface area contributed by atoms with Gasteiger partial charge in [-0.25, -0.2) is 4.98 Å². The molecule has 1 aliphatic rings. The molecule has 1 fully saturated rings. The fraction of sp³-hybridized carbons (Fsp3) is 0.533. The summed E-state index contributed by atoms with van der Waals surface area (Å²) in [6.07, 6.45) is 5.30. The standard InChI is InChI=1S/C15H19N3O2/c1-20-15(19)9-13-6-2-3-8-18(13)11-12-5-4-7-17-14(12)10-16/h4-5,7,13H,2-3,6,8-9,11H2,1H3. The first-order valence-corrected chi connectivity index (χ1v) is 6.89. The maximum absolute atomic E-state index is 11.5. The highest BCUT2D eigenvalue weighted by molar-refractivity contribution is 5.69. The van der Waals surface area contributed by atoms with Gasteiger partial charge in [0.05, 0.1) is 13.5 Å². The van der Waals surface area contributed by atoms with Crippen molar-refractivity contribution in [3.8, 4) is 6.07 Å². The van der Waals surface area contributed by atoms with Crippen molar-refractivity contribution in [1.29, 1.82) is 5.26 Å². The van der Waals surface area contributed by atoms with Gasteiger partial charge in [0.25, 0.3) is 0 Å². The molecule has 0 radical (unpaired) electrons. The van der Waals surface area contributed by atoms with Crippen molar-refractivity contribution < 1.29 is 9.53 Å². The van der Waals surface area contributed by atoms with Crippen LogP contribution in [0.2, 0.25) is 0 Å². The molecule has 1 aliphatic heterocycles. The van der Waals surface area contributed by atoms with Crippen LogP contribution in [-0.4, -0.2) is 35.5 Å². The van der Waals surface area contributed by atoms with Gasteiger partial charge in [0.15, 0.2) is 0 Å². The molecule has 2 rings (SSSR count). The molecule has 106 valence electrons. The van der Waals surface area contributed by atoms with E-state index in [0.29, 0.717) is 18.7 Å². The van der Waals surface area contributed by atoms with Gasteiger partial charge < -0.3 is 4.74 Å². The number of esters is 1. The lowest BCUT2D eigenvalue weighted by Gasteiger charge is -2.35. The molecule has 1 aromatic heterocycles. The predicted molar refractivity (Wildman–Crippen MR) is 73.6 cm³/mol. The van der Waals surface area contributed by atoms with Crippen LogP contribution in [0.5, 0.6) is 0 Å². The molecule has 0 aliphatic carbocycles. The minimum atomic E-state index is -0.173. The van der Waals surface area contributed by atoms with Crippen LogP contribution in [0.15, 0.2) is 18.3 Å². The summed E-state index contributed by atoms with van der Waals surface area (Å²) in [6, 6.07) is 6.09. The number of rotatable bonds is 4. The molecule has 20 heavy (non-hydrogen) atoms. The molecule has 1 aromatic rings. The van der Waals surface area contributed by atoms with Gasteiger partial charge >= 0.3 is 5.97 Å². The number of hydrogen-bond donors (Lipinski definition) is 0. The number of hydrogen-bond acceptors (Lipinski definition) is 5. The first-order valence-electron chi connectivity index (χ1n) is 6.89. The van der Waals surface area contributed by atoms with E-state index in [2.05, 4.69) is 16.0 Å². The van der Waals surface area contributed by atoms with Gasteiger partial charge in [-0.05, 0) is 25.5 Å². The Hall–Kier alpha value is -1.93. The molecule has 0 bridgehead atoms. The molecule has 0 saturated carbocycles. The Bertz CT molecular complexity index is 510. The normalized spacial score (nSPS) is 19.3. The Kier molecular flexibility index (Phi) is 5.08. The number of ether oxygens (including phenoxy) is 1. The van der Waals surface area contributed by atoms with E-state index in [0.717, 1.165) is 31.4 Å². The molecule has 5 nitrogen and oxygen atoms in total. The first kappa shape index (κ1) is 14.5. The van der Waals surface area contributed by atoms with Crippen LogP contribution in [-0.2, 0) is 16.1 Å². The molecule has 0 aromatic carbocycles. The second-order valence-electron chi connectivity index (χ2n) is 5.02. The molecule has 1 unspecified atom stereocenters. The molecule has 0 spiro atoms. The molecule has 2 heterocycles. The summed E-state index contributed by atoms with van der Waals surface area (Å²) in [4.78, 5) is 17.8. The molecule has 0 N–H and O–H groups in total. The van der Waals surface area contributed by atoms with Crippen LogP contribution >= 0.6 is 0 Å². The van der Waals surface area contributed by atoms with Crippen molar-refractivity contribution in [2.45, 2.75) is 38.3 Å². The SMILES string of the molecule is COC(=O)CC1CCCCN1Cc1cccnc1C#N. The smallest absolute Gasteiger partial charge is 0.307 e. The van der Waals surface area contributed by atoms with Crippen molar-refractivity contribution in [2.24, 2.45) is 0 Å². The Morgan fingerprint density at radius 1 is 1.60 bits per heavy atom. The third kappa shape index (κ3) is 3.55. The van der Waals surface area contributed by atoms with Crippen LogP contribution < -0.4 is 0 Å². The second kappa shape index (κ2) is 7.01. The van der Waals surface area contributed by atoms with Gasteiger partial charge in [-0.15, -0.1) is 0 Å². The topological polar surface area (TPSA) is 66.2 Å². The number of nitrogens with zero attached hydrogens (tertiary/aromatic N) is 3. The number of nitriles is 1. The van der Waals surface area contributed by atoms with Gasteiger partial charge in [-0.3, -0.25) is 9.69 Å². The number of carbonyl (C=O) groups excluding carboxylic acids is 1. The highest BCUT2D eigenvalue weighted by Gasteiger charge is 2.25. The van der Waals surface area contributed by atoms with E-state index in [1.807, 2.05) is 12.1 Å². The maximum atomic E-state index is 11.5. The second-order valence-corrected chi connectivity index (χ2v) is 5.02. The average molecular weight is 273 g/mol. The zero-order valence-electron chi connectivity index (χ0n) is 11.7. The minimum absolute atomic E-state index is 0.173. The van der Waals surface area contributed by atoms with E-state index < -0.39 is 0 Å². The van der Waals surface area contributed by atoms with E-state index in [-0.39, 0.29) is 12.0 Å². The van der Waals surface area contributed by atoms with Crippen LogP contribution in [0.4, 0.5) is 0 Å². The molecule has 0 amide bonds. The van der Waals surface area contributed by atoms with Gasteiger partial charge in [-0.2, -0.15) is 5.26 Å². The van der Waals surface area contributed by atoms with E-state index in [9.17, 15) is 4.79 Å². The highest BCUT2D eigenvalue weighted by atomic mass is 16.5. The number of aromatic nitrogens is 1. The third-order valence-corrected chi connectivity index (χ3v) is 3.75. The van der Waals surface area contributed by atoms with Crippen LogP contribution in [0.3, 0.4) is 0 Å². The number of methoxy groups -OCH3 is 1. The summed E-state index contributed by atoms with van der Waals surface area (Å²) in [5.74, 6) is -0.173. The van der Waals surface area contributed by atoms with Gasteiger partial charge in [0.2, 0.25) is 0 Å². The zero-order valence-corrected chi connectivity index (χ0v) is 11.7. The van der Waals surface area contributed by atoms with Gasteiger partial charge in [0, 0.05) is 24.3 Å². The van der Waals surface area contributed by atoms with Gasteiger partial charge in [-0.1, -0.05) is 12.5 Å². The van der Waals surface area contributed by atoms with Crippen LogP contribution in [0, 0.1) is 11.3 Å². The van der Waals surface area contributed by atoms with Crippen molar-refractivity contribution in [3.63, 3.8) is 0 Å². The number of pyridine rings is 1. The fourth-order valence-electron chi connectivity index (χ4n) is 2.66. The van der Waals surface area contributed by atoms with E-state index >= 15 is 0 Å². The molecule has 5 heteroatoms. The maximum Gasteiger partial charge on any atom is 0.307 e. The van der Waals surface area contributed by atoms with Gasteiger partial charge in [0.1, 0.15) is 11.8 Å². The Labute approximate surface area is 119 Å². The van der Waals surface area contributed by atoms with Crippen molar-refractivity contribution in [3.05, 3.63) is 29.6 Å². The van der Waals surface area contributed by atoms with E-state index in [1.54, 1.807) is 6.20 Å². The Balaban J connectivity index is 2.08. The summed E-state index contributed by atoms with van der Waals surface area (Å²) >= 11 is 0. The van der Waals surface area contributed by atoms with Crippen molar-refractivity contribution in [1.82, 2.24) is 9.88 Å². The molecular formula is C15H19N3O2. The summed E-state index contributed by atoms with van der Waals surface area (Å²) in [7, 11) is 1.42. The van der Waals surface area contributed by atoms with E-state index in [1.165, 1.54) is 7.11 Å². The minimum Gasteiger partial charge on any atom is -0.469 e. The lowest BCUT2D eigenvalue weighted by atomic mass is 9.98. The predicted octanol–water partition coefficient (Wildman–Crippen LogP) is 1.87. The largest absolute Gasteiger partial charge is 0.469 e. The summed E-state index contributed by atoms with van der Waals surface area (Å²) in [6.45, 7) is 1.61.